The first-order chi connectivity index (χ1) is 11.8. The molecule has 0 atom stereocenters. The van der Waals surface area contributed by atoms with Crippen molar-refractivity contribution in [1.29, 1.82) is 0 Å². The van der Waals surface area contributed by atoms with Crippen molar-refractivity contribution in [3.05, 3.63) is 91.0 Å². The van der Waals surface area contributed by atoms with Crippen molar-refractivity contribution in [3.8, 4) is 0 Å². The van der Waals surface area contributed by atoms with E-state index in [1.165, 1.54) is 15.9 Å². The summed E-state index contributed by atoms with van der Waals surface area (Å²) in [5, 5.41) is 3.50. The largest absolute Gasteiger partial charge is 0.286 e. The lowest BCUT2D eigenvalue weighted by atomic mass is 10.3. The Kier molecular flexibility index (Phi) is 4.04. The third kappa shape index (κ3) is 2.50. The highest BCUT2D eigenvalue weighted by Crippen LogP contribution is 2.60. The second-order valence-corrected chi connectivity index (χ2v) is 9.62. The van der Waals surface area contributed by atoms with Crippen LogP contribution in [0.15, 0.2) is 91.0 Å². The highest BCUT2D eigenvalue weighted by atomic mass is 31.2. The number of carbonyl (C=O) groups is 1. The SMILES string of the molecule is O=C(C1CC1)[P+](c1ccccc1)(c1ccccc1)c1ccccc1. The molecule has 118 valence electrons. The highest BCUT2D eigenvalue weighted by molar-refractivity contribution is 8.08. The van der Waals surface area contributed by atoms with Gasteiger partial charge in [-0.1, -0.05) is 54.6 Å². The summed E-state index contributed by atoms with van der Waals surface area (Å²) in [5.41, 5.74) is 0.436. The summed E-state index contributed by atoms with van der Waals surface area (Å²) in [7, 11) is -2.28. The molecule has 2 heteroatoms. The van der Waals surface area contributed by atoms with Crippen molar-refractivity contribution in [2.75, 3.05) is 0 Å². The fraction of sp³-hybridized carbons (Fsp3) is 0.136. The summed E-state index contributed by atoms with van der Waals surface area (Å²) < 4.78 is 0. The molecule has 0 heterocycles. The van der Waals surface area contributed by atoms with Crippen molar-refractivity contribution in [3.63, 3.8) is 0 Å². The molecule has 0 aliphatic heterocycles. The van der Waals surface area contributed by atoms with E-state index in [0.717, 1.165) is 12.8 Å². The first-order valence-corrected chi connectivity index (χ1v) is 10.2. The molecule has 24 heavy (non-hydrogen) atoms. The quantitative estimate of drug-likeness (QED) is 0.648. The molecule has 0 saturated heterocycles. The maximum atomic E-state index is 13.7. The van der Waals surface area contributed by atoms with Crippen LogP contribution in [-0.4, -0.2) is 5.52 Å². The maximum Gasteiger partial charge on any atom is 0.286 e. The Morgan fingerprint density at radius 1 is 0.625 bits per heavy atom. The van der Waals surface area contributed by atoms with Gasteiger partial charge in [-0.3, -0.25) is 4.79 Å². The first-order valence-electron chi connectivity index (χ1n) is 8.44. The molecule has 0 N–H and O–H groups in total. The second kappa shape index (κ2) is 6.34. The molecule has 0 aromatic heterocycles. The van der Waals surface area contributed by atoms with E-state index in [1.807, 2.05) is 18.2 Å². The third-order valence-electron chi connectivity index (χ3n) is 4.69. The van der Waals surface area contributed by atoms with E-state index in [9.17, 15) is 4.79 Å². The van der Waals surface area contributed by atoms with Crippen LogP contribution in [0.1, 0.15) is 12.8 Å². The van der Waals surface area contributed by atoms with Crippen LogP contribution in [0, 0.1) is 5.92 Å². The number of hydrogen-bond acceptors (Lipinski definition) is 1. The molecular formula is C22H20OP+. The number of benzene rings is 3. The molecule has 0 amide bonds. The van der Waals surface area contributed by atoms with Gasteiger partial charge in [0.05, 0.1) is 5.92 Å². The van der Waals surface area contributed by atoms with E-state index in [-0.39, 0.29) is 5.92 Å². The fourth-order valence-electron chi connectivity index (χ4n) is 3.39. The lowest BCUT2D eigenvalue weighted by Crippen LogP contribution is -2.37. The minimum atomic E-state index is -2.28. The van der Waals surface area contributed by atoms with E-state index in [0.29, 0.717) is 5.52 Å². The van der Waals surface area contributed by atoms with Crippen LogP contribution >= 0.6 is 7.26 Å². The van der Waals surface area contributed by atoms with Gasteiger partial charge in [0.1, 0.15) is 15.9 Å². The van der Waals surface area contributed by atoms with Gasteiger partial charge in [0.15, 0.2) is 7.26 Å². The Labute approximate surface area is 143 Å². The van der Waals surface area contributed by atoms with E-state index in [4.69, 9.17) is 0 Å². The molecule has 1 aliphatic rings. The lowest BCUT2D eigenvalue weighted by Gasteiger charge is -2.25. The zero-order valence-corrected chi connectivity index (χ0v) is 14.4. The Morgan fingerprint density at radius 3 is 1.25 bits per heavy atom. The number of hydrogen-bond donors (Lipinski definition) is 0. The van der Waals surface area contributed by atoms with Crippen LogP contribution in [0.3, 0.4) is 0 Å². The van der Waals surface area contributed by atoms with Crippen LogP contribution in [-0.2, 0) is 4.79 Å². The fourth-order valence-corrected chi connectivity index (χ4v) is 7.71. The summed E-state index contributed by atoms with van der Waals surface area (Å²) >= 11 is 0. The Hall–Kier alpha value is -2.24. The van der Waals surface area contributed by atoms with Gasteiger partial charge in [-0.15, -0.1) is 0 Å². The van der Waals surface area contributed by atoms with Crippen molar-refractivity contribution in [2.45, 2.75) is 12.8 Å². The van der Waals surface area contributed by atoms with Gasteiger partial charge in [-0.2, -0.15) is 0 Å². The standard InChI is InChI=1S/C22H20OP/c23-22(18-16-17-18)24(19-10-4-1-5-11-19,20-12-6-2-7-13-20)21-14-8-3-9-15-21/h1-15,18H,16-17H2/q+1. The van der Waals surface area contributed by atoms with E-state index < -0.39 is 7.26 Å². The minimum Gasteiger partial charge on any atom is -0.251 e. The monoisotopic (exact) mass is 331 g/mol. The molecule has 1 saturated carbocycles. The Morgan fingerprint density at radius 2 is 0.958 bits per heavy atom. The van der Waals surface area contributed by atoms with Crippen LogP contribution < -0.4 is 15.9 Å². The first kappa shape index (κ1) is 15.3. The van der Waals surface area contributed by atoms with Crippen LogP contribution in [0.5, 0.6) is 0 Å². The molecule has 1 nitrogen and oxygen atoms in total. The van der Waals surface area contributed by atoms with Gasteiger partial charge in [0.2, 0.25) is 0 Å². The minimum absolute atomic E-state index is 0.221. The molecule has 0 bridgehead atoms. The molecule has 0 radical (unpaired) electrons. The lowest BCUT2D eigenvalue weighted by molar-refractivity contribution is -0.112. The molecule has 3 aromatic carbocycles. The Balaban J connectivity index is 2.05. The molecule has 3 aromatic rings. The average molecular weight is 331 g/mol. The Bertz CT molecular complexity index is 727. The van der Waals surface area contributed by atoms with Gasteiger partial charge >= 0.3 is 0 Å². The van der Waals surface area contributed by atoms with Gasteiger partial charge in [0, 0.05) is 0 Å². The molecule has 1 fully saturated rings. The zero-order valence-electron chi connectivity index (χ0n) is 13.5. The van der Waals surface area contributed by atoms with Crippen molar-refractivity contribution in [2.24, 2.45) is 5.92 Å². The molecule has 0 unspecified atom stereocenters. The van der Waals surface area contributed by atoms with E-state index >= 15 is 0 Å². The summed E-state index contributed by atoms with van der Waals surface area (Å²) in [6, 6.07) is 31.2. The van der Waals surface area contributed by atoms with Gasteiger partial charge < -0.3 is 0 Å². The van der Waals surface area contributed by atoms with Gasteiger partial charge in [0.25, 0.3) is 5.52 Å². The van der Waals surface area contributed by atoms with E-state index in [2.05, 4.69) is 72.8 Å². The highest BCUT2D eigenvalue weighted by Gasteiger charge is 2.57. The predicted octanol–water partition coefficient (Wildman–Crippen LogP) is 3.92. The van der Waals surface area contributed by atoms with Gasteiger partial charge in [-0.25, -0.2) is 0 Å². The predicted molar refractivity (Wildman–Crippen MR) is 103 cm³/mol. The van der Waals surface area contributed by atoms with Crippen molar-refractivity contribution >= 4 is 28.7 Å². The molecular weight excluding hydrogens is 311 g/mol. The summed E-state index contributed by atoms with van der Waals surface area (Å²) in [4.78, 5) is 13.7. The van der Waals surface area contributed by atoms with Crippen LogP contribution in [0.2, 0.25) is 0 Å². The van der Waals surface area contributed by atoms with Crippen LogP contribution in [0.25, 0.3) is 0 Å². The smallest absolute Gasteiger partial charge is 0.251 e. The number of rotatable bonds is 5. The second-order valence-electron chi connectivity index (χ2n) is 6.29. The summed E-state index contributed by atoms with van der Waals surface area (Å²) in [5.74, 6) is 0.221. The summed E-state index contributed by atoms with van der Waals surface area (Å²) in [6.07, 6.45) is 2.07. The van der Waals surface area contributed by atoms with Crippen LogP contribution in [0.4, 0.5) is 0 Å². The molecule has 1 aliphatic carbocycles. The van der Waals surface area contributed by atoms with E-state index in [1.54, 1.807) is 0 Å². The average Bonchev–Trinajstić information content (AvgIpc) is 3.50. The van der Waals surface area contributed by atoms with Gasteiger partial charge in [-0.05, 0) is 49.2 Å². The zero-order chi connectivity index (χ0) is 16.4. The maximum absolute atomic E-state index is 13.7. The topological polar surface area (TPSA) is 17.1 Å². The number of carbonyl (C=O) groups excluding carboxylic acids is 1. The normalized spacial score (nSPS) is 14.3. The van der Waals surface area contributed by atoms with Crippen molar-refractivity contribution < 1.29 is 4.79 Å². The molecule has 0 spiro atoms. The molecule has 4 rings (SSSR count). The third-order valence-corrected chi connectivity index (χ3v) is 8.93. The summed E-state index contributed by atoms with van der Waals surface area (Å²) in [6.45, 7) is 0. The van der Waals surface area contributed by atoms with Crippen molar-refractivity contribution in [1.82, 2.24) is 0 Å².